The van der Waals surface area contributed by atoms with E-state index in [2.05, 4.69) is 21.6 Å². The SMILES string of the molecule is CCC[C@@H](N)c1ncon1. The van der Waals surface area contributed by atoms with Gasteiger partial charge in [-0.25, -0.2) is 0 Å². The second-order valence-corrected chi connectivity index (χ2v) is 2.18. The first-order chi connectivity index (χ1) is 4.84. The van der Waals surface area contributed by atoms with Crippen LogP contribution in [-0.4, -0.2) is 10.1 Å². The van der Waals surface area contributed by atoms with E-state index in [1.807, 2.05) is 0 Å². The van der Waals surface area contributed by atoms with E-state index in [1.165, 1.54) is 6.39 Å². The van der Waals surface area contributed by atoms with Crippen LogP contribution in [0.2, 0.25) is 0 Å². The van der Waals surface area contributed by atoms with Crippen LogP contribution in [0.15, 0.2) is 10.9 Å². The Kier molecular flexibility index (Phi) is 2.39. The highest BCUT2D eigenvalue weighted by molar-refractivity contribution is 4.86. The van der Waals surface area contributed by atoms with E-state index in [0.29, 0.717) is 5.82 Å². The molecular weight excluding hydrogens is 130 g/mol. The van der Waals surface area contributed by atoms with Gasteiger partial charge in [0.05, 0.1) is 6.04 Å². The average Bonchev–Trinajstić information content (AvgIpc) is 2.38. The van der Waals surface area contributed by atoms with Gasteiger partial charge in [-0.3, -0.25) is 0 Å². The van der Waals surface area contributed by atoms with Gasteiger partial charge >= 0.3 is 0 Å². The first kappa shape index (κ1) is 7.21. The summed E-state index contributed by atoms with van der Waals surface area (Å²) in [6.07, 6.45) is 3.24. The molecule has 0 bridgehead atoms. The van der Waals surface area contributed by atoms with E-state index in [0.717, 1.165) is 12.8 Å². The van der Waals surface area contributed by atoms with E-state index in [9.17, 15) is 0 Å². The molecule has 2 N–H and O–H groups in total. The van der Waals surface area contributed by atoms with Gasteiger partial charge in [0, 0.05) is 0 Å². The maximum Gasteiger partial charge on any atom is 0.213 e. The molecule has 1 aromatic heterocycles. The molecule has 0 aliphatic rings. The summed E-state index contributed by atoms with van der Waals surface area (Å²) in [4.78, 5) is 3.83. The Labute approximate surface area is 59.4 Å². The van der Waals surface area contributed by atoms with Crippen LogP contribution in [0.3, 0.4) is 0 Å². The molecule has 1 aromatic rings. The van der Waals surface area contributed by atoms with Crippen molar-refractivity contribution in [3.63, 3.8) is 0 Å². The van der Waals surface area contributed by atoms with Crippen molar-refractivity contribution in [1.82, 2.24) is 10.1 Å². The van der Waals surface area contributed by atoms with Crippen molar-refractivity contribution in [2.24, 2.45) is 5.73 Å². The van der Waals surface area contributed by atoms with E-state index in [-0.39, 0.29) is 6.04 Å². The number of hydrogen-bond acceptors (Lipinski definition) is 4. The van der Waals surface area contributed by atoms with E-state index in [4.69, 9.17) is 5.73 Å². The van der Waals surface area contributed by atoms with Crippen LogP contribution in [-0.2, 0) is 0 Å². The summed E-state index contributed by atoms with van der Waals surface area (Å²) in [6.45, 7) is 2.07. The minimum absolute atomic E-state index is 0.0660. The number of hydrogen-bond donors (Lipinski definition) is 1. The van der Waals surface area contributed by atoms with Crippen molar-refractivity contribution in [1.29, 1.82) is 0 Å². The normalized spacial score (nSPS) is 13.4. The minimum Gasteiger partial charge on any atom is -0.343 e. The van der Waals surface area contributed by atoms with Crippen LogP contribution in [0, 0.1) is 0 Å². The van der Waals surface area contributed by atoms with Gasteiger partial charge in [0.25, 0.3) is 0 Å². The Hall–Kier alpha value is -0.900. The van der Waals surface area contributed by atoms with Crippen molar-refractivity contribution in [2.75, 3.05) is 0 Å². The molecular formula is C6H11N3O. The Morgan fingerprint density at radius 3 is 3.10 bits per heavy atom. The maximum atomic E-state index is 5.66. The minimum atomic E-state index is -0.0660. The molecule has 0 radical (unpaired) electrons. The average molecular weight is 141 g/mol. The van der Waals surface area contributed by atoms with Crippen molar-refractivity contribution in [2.45, 2.75) is 25.8 Å². The fourth-order valence-electron chi connectivity index (χ4n) is 0.782. The molecule has 0 aromatic carbocycles. The third-order valence-corrected chi connectivity index (χ3v) is 1.31. The maximum absolute atomic E-state index is 5.66. The highest BCUT2D eigenvalue weighted by atomic mass is 16.5. The summed E-state index contributed by atoms with van der Waals surface area (Å²) in [5.74, 6) is 0.599. The monoisotopic (exact) mass is 141 g/mol. The van der Waals surface area contributed by atoms with Gasteiger partial charge in [0.2, 0.25) is 6.39 Å². The second kappa shape index (κ2) is 3.31. The second-order valence-electron chi connectivity index (χ2n) is 2.18. The van der Waals surface area contributed by atoms with Crippen LogP contribution < -0.4 is 5.73 Å². The third-order valence-electron chi connectivity index (χ3n) is 1.31. The highest BCUT2D eigenvalue weighted by Gasteiger charge is 2.08. The van der Waals surface area contributed by atoms with E-state index >= 15 is 0 Å². The number of aromatic nitrogens is 2. The fraction of sp³-hybridized carbons (Fsp3) is 0.667. The quantitative estimate of drug-likeness (QED) is 0.678. The molecule has 1 rings (SSSR count). The van der Waals surface area contributed by atoms with Crippen molar-refractivity contribution in [3.8, 4) is 0 Å². The molecule has 4 heteroatoms. The predicted octanol–water partition coefficient (Wildman–Crippen LogP) is 0.869. The van der Waals surface area contributed by atoms with Gasteiger partial charge in [-0.1, -0.05) is 18.5 Å². The predicted molar refractivity (Wildman–Crippen MR) is 36.1 cm³/mol. The van der Waals surface area contributed by atoms with Gasteiger partial charge in [0.15, 0.2) is 5.82 Å². The molecule has 0 saturated carbocycles. The lowest BCUT2D eigenvalue weighted by atomic mass is 10.2. The summed E-state index contributed by atoms with van der Waals surface area (Å²) >= 11 is 0. The summed E-state index contributed by atoms with van der Waals surface area (Å²) < 4.78 is 4.54. The topological polar surface area (TPSA) is 64.9 Å². The van der Waals surface area contributed by atoms with Gasteiger partial charge < -0.3 is 10.3 Å². The third kappa shape index (κ3) is 1.54. The van der Waals surface area contributed by atoms with Crippen molar-refractivity contribution >= 4 is 0 Å². The Morgan fingerprint density at radius 1 is 1.80 bits per heavy atom. The fourth-order valence-corrected chi connectivity index (χ4v) is 0.782. The van der Waals surface area contributed by atoms with Gasteiger partial charge in [-0.15, -0.1) is 0 Å². The van der Waals surface area contributed by atoms with Gasteiger partial charge in [-0.05, 0) is 6.42 Å². The van der Waals surface area contributed by atoms with Gasteiger partial charge in [0.1, 0.15) is 0 Å². The van der Waals surface area contributed by atoms with Crippen LogP contribution in [0.4, 0.5) is 0 Å². The Morgan fingerprint density at radius 2 is 2.60 bits per heavy atom. The Balaban J connectivity index is 2.50. The number of nitrogens with two attached hydrogens (primary N) is 1. The molecule has 10 heavy (non-hydrogen) atoms. The summed E-state index contributed by atoms with van der Waals surface area (Å²) in [7, 11) is 0. The molecule has 0 unspecified atom stereocenters. The molecule has 0 aliphatic carbocycles. The highest BCUT2D eigenvalue weighted by Crippen LogP contribution is 2.09. The summed E-state index contributed by atoms with van der Waals surface area (Å²) in [6, 6.07) is -0.0660. The molecule has 1 heterocycles. The molecule has 56 valence electrons. The first-order valence-electron chi connectivity index (χ1n) is 3.36. The largest absolute Gasteiger partial charge is 0.343 e. The molecule has 0 aliphatic heterocycles. The number of nitrogens with zero attached hydrogens (tertiary/aromatic N) is 2. The van der Waals surface area contributed by atoms with Gasteiger partial charge in [-0.2, -0.15) is 4.98 Å². The van der Waals surface area contributed by atoms with Crippen LogP contribution >= 0.6 is 0 Å². The van der Waals surface area contributed by atoms with Crippen LogP contribution in [0.5, 0.6) is 0 Å². The molecule has 0 fully saturated rings. The van der Waals surface area contributed by atoms with E-state index in [1.54, 1.807) is 0 Å². The smallest absolute Gasteiger partial charge is 0.213 e. The molecule has 0 amide bonds. The zero-order chi connectivity index (χ0) is 7.40. The molecule has 1 atom stereocenters. The lowest BCUT2D eigenvalue weighted by Crippen LogP contribution is -2.11. The molecule has 0 spiro atoms. The van der Waals surface area contributed by atoms with Crippen LogP contribution in [0.1, 0.15) is 31.6 Å². The molecule has 0 saturated heterocycles. The number of rotatable bonds is 3. The first-order valence-corrected chi connectivity index (χ1v) is 3.36. The zero-order valence-corrected chi connectivity index (χ0v) is 5.95. The molecule has 4 nitrogen and oxygen atoms in total. The lowest BCUT2D eigenvalue weighted by molar-refractivity contribution is 0.402. The summed E-state index contributed by atoms with van der Waals surface area (Å²) in [5, 5.41) is 3.62. The van der Waals surface area contributed by atoms with Crippen LogP contribution in [0.25, 0.3) is 0 Å². The summed E-state index contributed by atoms with van der Waals surface area (Å²) in [5.41, 5.74) is 5.66. The lowest BCUT2D eigenvalue weighted by Gasteiger charge is -2.01. The standard InChI is InChI=1S/C6H11N3O/c1-2-3-5(7)6-8-4-10-9-6/h4-5H,2-3,7H2,1H3/t5-/m1/s1. The van der Waals surface area contributed by atoms with Crippen molar-refractivity contribution < 1.29 is 4.52 Å². The van der Waals surface area contributed by atoms with Crippen molar-refractivity contribution in [3.05, 3.63) is 12.2 Å². The Bertz CT molecular complexity index is 173. The zero-order valence-electron chi connectivity index (χ0n) is 5.95. The van der Waals surface area contributed by atoms with E-state index < -0.39 is 0 Å².